The monoisotopic (exact) mass is 808 g/mol. The minimum absolute atomic E-state index is 0.0122. The molecule has 0 saturated heterocycles. The van der Waals surface area contributed by atoms with Gasteiger partial charge in [0.15, 0.2) is 0 Å². The van der Waals surface area contributed by atoms with Gasteiger partial charge < -0.3 is 39.5 Å². The van der Waals surface area contributed by atoms with E-state index in [1.807, 2.05) is 31.0 Å². The highest BCUT2D eigenvalue weighted by molar-refractivity contribution is 6.03. The van der Waals surface area contributed by atoms with Crippen LogP contribution in [0.25, 0.3) is 0 Å². The van der Waals surface area contributed by atoms with Crippen LogP contribution in [0.4, 0.5) is 4.79 Å². The van der Waals surface area contributed by atoms with Crippen LogP contribution in [-0.2, 0) is 14.4 Å². The number of carbonyl (C=O) groups excluding carboxylic acids is 2. The molecule has 1 aromatic rings. The van der Waals surface area contributed by atoms with E-state index in [2.05, 4.69) is 24.9 Å². The minimum atomic E-state index is -1.28. The van der Waals surface area contributed by atoms with Crippen LogP contribution in [0.3, 0.4) is 0 Å². The number of oxime groups is 1. The Kier molecular flexibility index (Phi) is 18.4. The summed E-state index contributed by atoms with van der Waals surface area (Å²) in [5.74, 6) is -0.507. The third-order valence-corrected chi connectivity index (χ3v) is 12.7. The number of fused-ring (bicyclic) bond motifs is 2. The van der Waals surface area contributed by atoms with Gasteiger partial charge in [-0.15, -0.1) is 6.58 Å². The van der Waals surface area contributed by atoms with E-state index >= 15 is 0 Å². The van der Waals surface area contributed by atoms with Crippen LogP contribution >= 0.6 is 0 Å². The van der Waals surface area contributed by atoms with Crippen molar-refractivity contribution in [3.63, 3.8) is 0 Å². The molecule has 4 aliphatic rings. The van der Waals surface area contributed by atoms with E-state index in [0.717, 1.165) is 68.2 Å². The summed E-state index contributed by atoms with van der Waals surface area (Å²) >= 11 is 0. The SMILES string of the molecule is C=CCOC12Oc3ccc(OC(=O)NCCCCCCCCCCCC)cc3C3C(CCCCO)C(CCCCO)C=C(C(=NOCC)CC1N(C)C(=O)C1CC1)C32. The van der Waals surface area contributed by atoms with Crippen LogP contribution in [0, 0.1) is 23.7 Å². The Morgan fingerprint density at radius 3 is 2.31 bits per heavy atom. The van der Waals surface area contributed by atoms with Gasteiger partial charge in [-0.05, 0) is 87.5 Å². The molecule has 324 valence electrons. The summed E-state index contributed by atoms with van der Waals surface area (Å²) in [4.78, 5) is 34.7. The van der Waals surface area contributed by atoms with E-state index in [1.165, 1.54) is 51.4 Å². The summed E-state index contributed by atoms with van der Waals surface area (Å²) in [6.45, 7) is 9.55. The van der Waals surface area contributed by atoms with Gasteiger partial charge in [0.2, 0.25) is 11.7 Å². The lowest BCUT2D eigenvalue weighted by atomic mass is 9.55. The van der Waals surface area contributed by atoms with E-state index in [0.29, 0.717) is 43.9 Å². The molecule has 3 aliphatic carbocycles. The number of allylic oxidation sites excluding steroid dienone is 1. The molecule has 1 aliphatic heterocycles. The molecule has 11 nitrogen and oxygen atoms in total. The van der Waals surface area contributed by atoms with E-state index in [9.17, 15) is 19.8 Å². The third kappa shape index (κ3) is 11.7. The Labute approximate surface area is 348 Å². The molecule has 1 heterocycles. The highest BCUT2D eigenvalue weighted by Gasteiger charge is 2.65. The molecule has 1 aromatic carbocycles. The topological polar surface area (TPSA) is 139 Å². The molecular formula is C47H73N3O8. The number of aliphatic hydroxyl groups is 2. The zero-order valence-electron chi connectivity index (χ0n) is 35.8. The number of nitrogens with zero attached hydrogens (tertiary/aromatic N) is 2. The summed E-state index contributed by atoms with van der Waals surface area (Å²) in [6.07, 6.45) is 22.7. The second kappa shape index (κ2) is 23.4. The number of hydrogen-bond acceptors (Lipinski definition) is 9. The lowest BCUT2D eigenvalue weighted by Gasteiger charge is -2.59. The predicted octanol–water partition coefficient (Wildman–Crippen LogP) is 9.22. The Hall–Kier alpha value is -3.41. The zero-order valence-corrected chi connectivity index (χ0v) is 35.8. The molecule has 5 rings (SSSR count). The summed E-state index contributed by atoms with van der Waals surface area (Å²) in [5.41, 5.74) is 2.69. The molecule has 0 aromatic heterocycles. The Bertz CT molecular complexity index is 1530. The molecule has 6 atom stereocenters. The summed E-state index contributed by atoms with van der Waals surface area (Å²) < 4.78 is 20.1. The standard InChI is InChI=1S/C47H73N3O8/c1-5-8-9-10-11-12-13-14-15-18-27-48-46(54)57-36-25-26-41-39(32-36)43-37(22-17-20-29-52)35(21-16-19-28-51)31-38-40(49-56-7-3)33-42(50(4)45(53)34-23-24-34)47(58-41,44(38)43)55-30-6-2/h6,25-26,31-32,34-35,37,42-44,51-52H,2,5,7-24,27-30,33H2,1,3-4H3,(H,48,54). The molecule has 58 heavy (non-hydrogen) atoms. The normalized spacial score (nSPS) is 25.2. The third-order valence-electron chi connectivity index (χ3n) is 12.7. The van der Waals surface area contributed by atoms with Crippen molar-refractivity contribution < 1.29 is 38.9 Å². The van der Waals surface area contributed by atoms with Crippen molar-refractivity contribution in [2.24, 2.45) is 28.8 Å². The number of benzene rings is 1. The highest BCUT2D eigenvalue weighted by atomic mass is 16.7. The van der Waals surface area contributed by atoms with E-state index in [4.69, 9.17) is 24.2 Å². The Morgan fingerprint density at radius 2 is 1.66 bits per heavy atom. The van der Waals surface area contributed by atoms with Crippen LogP contribution in [-0.4, -0.2) is 84.7 Å². The second-order valence-corrected chi connectivity index (χ2v) is 16.9. The van der Waals surface area contributed by atoms with Gasteiger partial charge in [-0.2, -0.15) is 0 Å². The minimum Gasteiger partial charge on any atom is -0.459 e. The number of rotatable bonds is 27. The van der Waals surface area contributed by atoms with Crippen molar-refractivity contribution in [1.29, 1.82) is 0 Å². The summed E-state index contributed by atoms with van der Waals surface area (Å²) in [5, 5.41) is 27.3. The lowest BCUT2D eigenvalue weighted by molar-refractivity contribution is -0.255. The number of likely N-dealkylation sites (N-methyl/N-ethyl adjacent to an activating group) is 1. The molecule has 0 bridgehead atoms. The van der Waals surface area contributed by atoms with Gasteiger partial charge in [0.25, 0.3) is 0 Å². The number of amides is 2. The number of unbranched alkanes of at least 4 members (excludes halogenated alkanes) is 11. The van der Waals surface area contributed by atoms with Gasteiger partial charge in [-0.25, -0.2) is 4.79 Å². The maximum Gasteiger partial charge on any atom is 0.412 e. The smallest absolute Gasteiger partial charge is 0.412 e. The van der Waals surface area contributed by atoms with Gasteiger partial charge >= 0.3 is 6.09 Å². The maximum absolute atomic E-state index is 13.9. The quantitative estimate of drug-likeness (QED) is 0.0455. The van der Waals surface area contributed by atoms with Crippen molar-refractivity contribution in [2.75, 3.05) is 40.0 Å². The van der Waals surface area contributed by atoms with Gasteiger partial charge in [-0.3, -0.25) is 4.79 Å². The molecule has 2 fully saturated rings. The van der Waals surface area contributed by atoms with Crippen LogP contribution in [0.1, 0.15) is 147 Å². The summed E-state index contributed by atoms with van der Waals surface area (Å²) in [6, 6.07) is 5.09. The second-order valence-electron chi connectivity index (χ2n) is 16.9. The highest BCUT2D eigenvalue weighted by Crippen LogP contribution is 2.62. The number of aliphatic hydroxyl groups excluding tert-OH is 2. The van der Waals surface area contributed by atoms with Crippen molar-refractivity contribution in [3.05, 3.63) is 48.1 Å². The Morgan fingerprint density at radius 1 is 0.966 bits per heavy atom. The molecule has 0 spiro atoms. The molecule has 3 N–H and O–H groups in total. The van der Waals surface area contributed by atoms with Gasteiger partial charge in [0.1, 0.15) is 24.1 Å². The molecule has 0 radical (unpaired) electrons. The predicted molar refractivity (Wildman–Crippen MR) is 228 cm³/mol. The maximum atomic E-state index is 13.9. The average Bonchev–Trinajstić information content (AvgIpc) is 4.08. The van der Waals surface area contributed by atoms with Gasteiger partial charge in [0.05, 0.1) is 18.2 Å². The van der Waals surface area contributed by atoms with Crippen molar-refractivity contribution in [2.45, 2.75) is 154 Å². The molecule has 2 saturated carbocycles. The van der Waals surface area contributed by atoms with E-state index < -0.39 is 17.9 Å². The number of hydrogen-bond donors (Lipinski definition) is 3. The first kappa shape index (κ1) is 45.7. The van der Waals surface area contributed by atoms with Crippen molar-refractivity contribution in [1.82, 2.24) is 10.2 Å². The van der Waals surface area contributed by atoms with Crippen molar-refractivity contribution in [3.8, 4) is 11.5 Å². The summed E-state index contributed by atoms with van der Waals surface area (Å²) in [7, 11) is 1.86. The molecular weight excluding hydrogens is 735 g/mol. The number of ether oxygens (including phenoxy) is 3. The lowest BCUT2D eigenvalue weighted by Crippen LogP contribution is -2.69. The molecule has 2 amide bonds. The fourth-order valence-corrected chi connectivity index (χ4v) is 9.65. The van der Waals surface area contributed by atoms with Gasteiger partial charge in [-0.1, -0.05) is 94.9 Å². The Balaban J connectivity index is 1.46. The van der Waals surface area contributed by atoms with E-state index in [-0.39, 0.29) is 55.3 Å². The fraction of sp³-hybridized carbons (Fsp3) is 0.723. The number of nitrogens with one attached hydrogen (secondary N) is 1. The molecule has 11 heteroatoms. The zero-order chi connectivity index (χ0) is 41.3. The van der Waals surface area contributed by atoms with E-state index in [1.54, 1.807) is 12.1 Å². The van der Waals surface area contributed by atoms with Crippen molar-refractivity contribution >= 4 is 17.7 Å². The van der Waals surface area contributed by atoms with Crippen LogP contribution in [0.2, 0.25) is 0 Å². The van der Waals surface area contributed by atoms with Crippen LogP contribution < -0.4 is 14.8 Å². The first-order chi connectivity index (χ1) is 28.3. The van der Waals surface area contributed by atoms with Crippen LogP contribution in [0.15, 0.2) is 47.7 Å². The molecule has 6 unspecified atom stereocenters. The average molecular weight is 808 g/mol. The number of carbonyl (C=O) groups is 2. The first-order valence-electron chi connectivity index (χ1n) is 22.8. The van der Waals surface area contributed by atoms with Crippen LogP contribution in [0.5, 0.6) is 11.5 Å². The largest absolute Gasteiger partial charge is 0.459 e. The fourth-order valence-electron chi connectivity index (χ4n) is 9.65. The van der Waals surface area contributed by atoms with Gasteiger partial charge in [0, 0.05) is 50.6 Å². The first-order valence-corrected chi connectivity index (χ1v) is 22.8.